The number of halogens is 3. The maximum Gasteiger partial charge on any atom is 0.416 e. The zero-order valence-corrected chi connectivity index (χ0v) is 12.8. The molecule has 2 aromatic carbocycles. The quantitative estimate of drug-likeness (QED) is 0.683. The highest BCUT2D eigenvalue weighted by molar-refractivity contribution is 5.96. The molecule has 0 spiro atoms. The molecule has 0 unspecified atom stereocenters. The Morgan fingerprint density at radius 2 is 1.75 bits per heavy atom. The number of alkyl halides is 3. The van der Waals surface area contributed by atoms with E-state index in [1.54, 1.807) is 12.1 Å². The first-order valence-corrected chi connectivity index (χ1v) is 7.71. The van der Waals surface area contributed by atoms with Gasteiger partial charge in [0.15, 0.2) is 0 Å². The molecule has 0 radical (unpaired) electrons. The highest BCUT2D eigenvalue weighted by Gasteiger charge is 2.30. The fraction of sp³-hybridized carbons (Fsp3) is 0.158. The van der Waals surface area contributed by atoms with E-state index in [-0.39, 0.29) is 0 Å². The molecule has 0 saturated heterocycles. The van der Waals surface area contributed by atoms with Crippen molar-refractivity contribution >= 4 is 22.8 Å². The summed E-state index contributed by atoms with van der Waals surface area (Å²) in [5.41, 5.74) is 2.43. The standard InChI is InChI=1S/C19H15F3N2/c20-19(21,22)14-9-7-13(8-10-14)12-24-11-3-5-16-15-4-1-2-6-17(15)23-18(16)24/h1-10,23H,11-12H2. The molecule has 24 heavy (non-hydrogen) atoms. The van der Waals surface area contributed by atoms with Crippen LogP contribution in [0.3, 0.4) is 0 Å². The fourth-order valence-electron chi connectivity index (χ4n) is 3.12. The van der Waals surface area contributed by atoms with Gasteiger partial charge in [-0.15, -0.1) is 0 Å². The molecule has 0 fully saturated rings. The lowest BCUT2D eigenvalue weighted by molar-refractivity contribution is -0.137. The van der Waals surface area contributed by atoms with Crippen molar-refractivity contribution in [1.82, 2.24) is 4.98 Å². The molecule has 0 atom stereocenters. The highest BCUT2D eigenvalue weighted by Crippen LogP contribution is 2.34. The van der Waals surface area contributed by atoms with Crippen LogP contribution in [0.5, 0.6) is 0 Å². The Labute approximate surface area is 137 Å². The summed E-state index contributed by atoms with van der Waals surface area (Å²) < 4.78 is 38.0. The van der Waals surface area contributed by atoms with Gasteiger partial charge in [0.1, 0.15) is 5.82 Å². The second kappa shape index (κ2) is 5.44. The number of nitrogens with one attached hydrogen (secondary N) is 1. The third-order valence-corrected chi connectivity index (χ3v) is 4.31. The van der Waals surface area contributed by atoms with Gasteiger partial charge in [0.2, 0.25) is 0 Å². The number of anilines is 1. The molecule has 1 N–H and O–H groups in total. The predicted molar refractivity (Wildman–Crippen MR) is 89.8 cm³/mol. The van der Waals surface area contributed by atoms with Crippen LogP contribution >= 0.6 is 0 Å². The molecule has 0 bridgehead atoms. The summed E-state index contributed by atoms with van der Waals surface area (Å²) in [5, 5.41) is 1.15. The average Bonchev–Trinajstić information content (AvgIpc) is 2.94. The van der Waals surface area contributed by atoms with Crippen LogP contribution in [0, 0.1) is 0 Å². The number of aromatic nitrogens is 1. The number of rotatable bonds is 2. The maximum atomic E-state index is 12.7. The maximum absolute atomic E-state index is 12.7. The first-order chi connectivity index (χ1) is 11.5. The Bertz CT molecular complexity index is 905. The monoisotopic (exact) mass is 328 g/mol. The van der Waals surface area contributed by atoms with Crippen molar-refractivity contribution in [1.29, 1.82) is 0 Å². The van der Waals surface area contributed by atoms with E-state index in [9.17, 15) is 13.2 Å². The Balaban J connectivity index is 1.64. The van der Waals surface area contributed by atoms with Crippen LogP contribution in [0.4, 0.5) is 19.0 Å². The molecule has 0 amide bonds. The molecule has 0 aliphatic carbocycles. The van der Waals surface area contributed by atoms with Crippen LogP contribution in [0.15, 0.2) is 54.6 Å². The van der Waals surface area contributed by atoms with Gasteiger partial charge in [-0.3, -0.25) is 0 Å². The molecular formula is C19H15F3N2. The van der Waals surface area contributed by atoms with Crippen LogP contribution in [-0.4, -0.2) is 11.5 Å². The van der Waals surface area contributed by atoms with Gasteiger partial charge >= 0.3 is 6.18 Å². The summed E-state index contributed by atoms with van der Waals surface area (Å²) in [6.45, 7) is 1.28. The summed E-state index contributed by atoms with van der Waals surface area (Å²) in [4.78, 5) is 5.55. The van der Waals surface area contributed by atoms with E-state index < -0.39 is 11.7 Å². The minimum Gasteiger partial charge on any atom is -0.350 e. The van der Waals surface area contributed by atoms with Gasteiger partial charge in [0, 0.05) is 29.6 Å². The number of benzene rings is 2. The number of hydrogen-bond donors (Lipinski definition) is 1. The highest BCUT2D eigenvalue weighted by atomic mass is 19.4. The third-order valence-electron chi connectivity index (χ3n) is 4.31. The second-order valence-corrected chi connectivity index (χ2v) is 5.91. The summed E-state index contributed by atoms with van der Waals surface area (Å²) in [6, 6.07) is 13.4. The van der Waals surface area contributed by atoms with E-state index in [1.165, 1.54) is 0 Å². The zero-order chi connectivity index (χ0) is 16.7. The molecule has 2 heterocycles. The number of aromatic amines is 1. The van der Waals surface area contributed by atoms with E-state index in [2.05, 4.69) is 28.1 Å². The lowest BCUT2D eigenvalue weighted by Gasteiger charge is -2.26. The van der Waals surface area contributed by atoms with Crippen LogP contribution < -0.4 is 4.90 Å². The van der Waals surface area contributed by atoms with Gasteiger partial charge in [-0.2, -0.15) is 13.2 Å². The van der Waals surface area contributed by atoms with Crippen molar-refractivity contribution in [3.8, 4) is 0 Å². The Morgan fingerprint density at radius 3 is 2.50 bits per heavy atom. The molecular weight excluding hydrogens is 313 g/mol. The van der Waals surface area contributed by atoms with Crippen molar-refractivity contribution in [2.24, 2.45) is 0 Å². The molecule has 1 aliphatic rings. The number of fused-ring (bicyclic) bond motifs is 3. The number of H-pyrrole nitrogens is 1. The van der Waals surface area contributed by atoms with Gasteiger partial charge in [-0.25, -0.2) is 0 Å². The number of hydrogen-bond acceptors (Lipinski definition) is 1. The lowest BCUT2D eigenvalue weighted by Crippen LogP contribution is -2.25. The van der Waals surface area contributed by atoms with Gasteiger partial charge in [-0.1, -0.05) is 42.5 Å². The van der Waals surface area contributed by atoms with Crippen LogP contribution in [-0.2, 0) is 12.7 Å². The van der Waals surface area contributed by atoms with Crippen molar-refractivity contribution in [2.45, 2.75) is 12.7 Å². The Hall–Kier alpha value is -2.69. The normalized spacial score (nSPS) is 14.2. The topological polar surface area (TPSA) is 19.0 Å². The summed E-state index contributed by atoms with van der Waals surface area (Å²) >= 11 is 0. The van der Waals surface area contributed by atoms with E-state index in [0.29, 0.717) is 6.54 Å². The van der Waals surface area contributed by atoms with Gasteiger partial charge < -0.3 is 9.88 Å². The third kappa shape index (κ3) is 2.56. The SMILES string of the molecule is FC(F)(F)c1ccc(CN2CC=Cc3c2[nH]c2ccccc32)cc1. The summed E-state index contributed by atoms with van der Waals surface area (Å²) in [7, 11) is 0. The molecule has 1 aromatic heterocycles. The average molecular weight is 328 g/mol. The van der Waals surface area contributed by atoms with Crippen LogP contribution in [0.25, 0.3) is 17.0 Å². The van der Waals surface area contributed by atoms with Crippen molar-refractivity contribution in [2.75, 3.05) is 11.4 Å². The molecule has 2 nitrogen and oxygen atoms in total. The zero-order valence-electron chi connectivity index (χ0n) is 12.8. The van der Waals surface area contributed by atoms with E-state index in [4.69, 9.17) is 0 Å². The summed E-state index contributed by atoms with van der Waals surface area (Å²) in [5.74, 6) is 1.01. The fourth-order valence-corrected chi connectivity index (χ4v) is 3.12. The van der Waals surface area contributed by atoms with E-state index in [0.717, 1.165) is 46.5 Å². The molecule has 122 valence electrons. The molecule has 3 aromatic rings. The second-order valence-electron chi connectivity index (χ2n) is 5.91. The lowest BCUT2D eigenvalue weighted by atomic mass is 10.1. The van der Waals surface area contributed by atoms with Crippen LogP contribution in [0.2, 0.25) is 0 Å². The predicted octanol–water partition coefficient (Wildman–Crippen LogP) is 5.22. The molecule has 4 rings (SSSR count). The summed E-state index contributed by atoms with van der Waals surface area (Å²) in [6.07, 6.45) is -0.124. The Kier molecular flexibility index (Phi) is 3.37. The minimum absolute atomic E-state index is 0.558. The molecule has 1 aliphatic heterocycles. The van der Waals surface area contributed by atoms with E-state index in [1.807, 2.05) is 18.2 Å². The van der Waals surface area contributed by atoms with Crippen molar-refractivity contribution < 1.29 is 13.2 Å². The van der Waals surface area contributed by atoms with Gasteiger partial charge in [-0.05, 0) is 23.8 Å². The van der Waals surface area contributed by atoms with Crippen molar-refractivity contribution in [3.05, 3.63) is 71.3 Å². The first-order valence-electron chi connectivity index (χ1n) is 7.71. The smallest absolute Gasteiger partial charge is 0.350 e. The largest absolute Gasteiger partial charge is 0.416 e. The van der Waals surface area contributed by atoms with Crippen LogP contribution in [0.1, 0.15) is 16.7 Å². The first kappa shape index (κ1) is 14.9. The number of para-hydroxylation sites is 1. The van der Waals surface area contributed by atoms with Gasteiger partial charge in [0.25, 0.3) is 0 Å². The van der Waals surface area contributed by atoms with E-state index >= 15 is 0 Å². The minimum atomic E-state index is -4.29. The molecule has 0 saturated carbocycles. The molecule has 5 heteroatoms. The van der Waals surface area contributed by atoms with Crippen molar-refractivity contribution in [3.63, 3.8) is 0 Å². The number of nitrogens with zero attached hydrogens (tertiary/aromatic N) is 1. The Morgan fingerprint density at radius 1 is 1.00 bits per heavy atom. The van der Waals surface area contributed by atoms with Gasteiger partial charge in [0.05, 0.1) is 5.56 Å².